The molecule has 0 amide bonds. The topological polar surface area (TPSA) is 139 Å². The fraction of sp³-hybridized carbons (Fsp3) is 0.0556. The molecule has 0 aliphatic rings. The maximum absolute atomic E-state index is 11.6. The van der Waals surface area contributed by atoms with E-state index in [-0.39, 0.29) is 11.6 Å². The smallest absolute Gasteiger partial charge is 0.395 e. The van der Waals surface area contributed by atoms with Gasteiger partial charge in [-0.05, 0) is 31.2 Å². The molecule has 136 valence electrons. The standard InChI is InChI=1S/C18H13N3O6/c1-10(22)11-2-4-12(5-3-11)14-8-6-13(27-14)7-9-15-19-17(23)16(21(25)26)18(24)20-15/h2-9H,1H3,(H2,19,20,23,24)/b9-7+. The first-order chi connectivity index (χ1) is 12.8. The Morgan fingerprint density at radius 1 is 1.22 bits per heavy atom. The molecule has 27 heavy (non-hydrogen) atoms. The van der Waals surface area contributed by atoms with Crippen LogP contribution in [0.25, 0.3) is 23.5 Å². The van der Waals surface area contributed by atoms with Gasteiger partial charge < -0.3 is 14.5 Å². The summed E-state index contributed by atoms with van der Waals surface area (Å²) < 4.78 is 5.65. The van der Waals surface area contributed by atoms with Gasteiger partial charge in [0.15, 0.2) is 5.78 Å². The van der Waals surface area contributed by atoms with Crippen molar-refractivity contribution in [3.05, 3.63) is 74.0 Å². The van der Waals surface area contributed by atoms with Crippen molar-refractivity contribution >= 4 is 23.6 Å². The number of hydrogen-bond acceptors (Lipinski definition) is 7. The number of Topliss-reactive ketones (excluding diaryl/α,β-unsaturated/α-hetero) is 1. The Kier molecular flexibility index (Phi) is 4.67. The molecule has 0 aliphatic carbocycles. The number of H-pyrrole nitrogens is 1. The van der Waals surface area contributed by atoms with Crippen LogP contribution in [-0.4, -0.2) is 25.8 Å². The molecule has 0 spiro atoms. The maximum atomic E-state index is 11.6. The molecule has 3 aromatic rings. The maximum Gasteiger partial charge on any atom is 0.395 e. The predicted octanol–water partition coefficient (Wildman–Crippen LogP) is 3.02. The highest BCUT2D eigenvalue weighted by molar-refractivity contribution is 5.94. The van der Waals surface area contributed by atoms with E-state index in [9.17, 15) is 24.8 Å². The van der Waals surface area contributed by atoms with E-state index < -0.39 is 22.0 Å². The average molecular weight is 367 g/mol. The van der Waals surface area contributed by atoms with Crippen LogP contribution in [-0.2, 0) is 0 Å². The van der Waals surface area contributed by atoms with Crippen LogP contribution in [0.1, 0.15) is 28.9 Å². The summed E-state index contributed by atoms with van der Waals surface area (Å²) in [6.45, 7) is 1.49. The minimum absolute atomic E-state index is 0.0301. The van der Waals surface area contributed by atoms with E-state index in [0.717, 1.165) is 5.56 Å². The highest BCUT2D eigenvalue weighted by Gasteiger charge is 2.21. The van der Waals surface area contributed by atoms with Crippen LogP contribution in [0, 0.1) is 10.1 Å². The van der Waals surface area contributed by atoms with Gasteiger partial charge >= 0.3 is 11.2 Å². The van der Waals surface area contributed by atoms with E-state index in [1.807, 2.05) is 0 Å². The Balaban J connectivity index is 1.82. The van der Waals surface area contributed by atoms with Crippen molar-refractivity contribution < 1.29 is 19.2 Å². The fourth-order valence-corrected chi connectivity index (χ4v) is 2.34. The highest BCUT2D eigenvalue weighted by atomic mass is 16.6. The van der Waals surface area contributed by atoms with Gasteiger partial charge in [-0.2, -0.15) is 4.98 Å². The van der Waals surface area contributed by atoms with Gasteiger partial charge in [0.2, 0.25) is 0 Å². The van der Waals surface area contributed by atoms with Crippen molar-refractivity contribution in [3.8, 4) is 17.2 Å². The third-order valence-corrected chi connectivity index (χ3v) is 3.69. The number of nitro groups is 1. The molecule has 0 saturated carbocycles. The molecule has 3 rings (SSSR count). The van der Waals surface area contributed by atoms with Crippen molar-refractivity contribution in [1.82, 2.24) is 9.97 Å². The summed E-state index contributed by atoms with van der Waals surface area (Å²) in [4.78, 5) is 38.3. The van der Waals surface area contributed by atoms with Crippen LogP contribution in [0.3, 0.4) is 0 Å². The second kappa shape index (κ2) is 7.08. The first kappa shape index (κ1) is 17.8. The minimum Gasteiger partial charge on any atom is -0.488 e. The van der Waals surface area contributed by atoms with E-state index in [0.29, 0.717) is 17.1 Å². The highest BCUT2D eigenvalue weighted by Crippen LogP contribution is 2.24. The molecule has 9 nitrogen and oxygen atoms in total. The number of aromatic amines is 1. The van der Waals surface area contributed by atoms with Gasteiger partial charge in [-0.3, -0.25) is 19.7 Å². The molecule has 0 unspecified atom stereocenters. The molecule has 0 fully saturated rings. The number of ketones is 1. The molecule has 0 aliphatic heterocycles. The van der Waals surface area contributed by atoms with Gasteiger partial charge in [0.1, 0.15) is 17.3 Å². The van der Waals surface area contributed by atoms with E-state index in [2.05, 4.69) is 9.97 Å². The van der Waals surface area contributed by atoms with Gasteiger partial charge in [0, 0.05) is 11.1 Å². The molecular weight excluding hydrogens is 354 g/mol. The molecule has 2 heterocycles. The second-order valence-corrected chi connectivity index (χ2v) is 5.55. The van der Waals surface area contributed by atoms with Gasteiger partial charge in [0.05, 0.1) is 4.92 Å². The zero-order chi connectivity index (χ0) is 19.6. The average Bonchev–Trinajstić information content (AvgIpc) is 3.08. The number of rotatable bonds is 5. The van der Waals surface area contributed by atoms with Crippen molar-refractivity contribution in [3.63, 3.8) is 0 Å². The Bertz CT molecular complexity index is 1110. The second-order valence-electron chi connectivity index (χ2n) is 5.55. The van der Waals surface area contributed by atoms with Gasteiger partial charge in [-0.1, -0.05) is 24.3 Å². The zero-order valence-corrected chi connectivity index (χ0v) is 14.0. The Morgan fingerprint density at radius 2 is 1.93 bits per heavy atom. The first-order valence-corrected chi connectivity index (χ1v) is 7.72. The van der Waals surface area contributed by atoms with E-state index in [1.54, 1.807) is 36.4 Å². The summed E-state index contributed by atoms with van der Waals surface area (Å²) in [5.41, 5.74) is -0.697. The molecule has 0 saturated heterocycles. The monoisotopic (exact) mass is 367 g/mol. The van der Waals surface area contributed by atoms with Crippen LogP contribution in [0.5, 0.6) is 5.88 Å². The van der Waals surface area contributed by atoms with Gasteiger partial charge in [-0.25, -0.2) is 0 Å². The summed E-state index contributed by atoms with van der Waals surface area (Å²) in [6, 6.07) is 10.3. The third-order valence-electron chi connectivity index (χ3n) is 3.69. The number of nitrogens with one attached hydrogen (secondary N) is 1. The van der Waals surface area contributed by atoms with Crippen LogP contribution in [0.15, 0.2) is 45.6 Å². The lowest BCUT2D eigenvalue weighted by Crippen LogP contribution is -2.14. The largest absolute Gasteiger partial charge is 0.488 e. The van der Waals surface area contributed by atoms with Gasteiger partial charge in [-0.15, -0.1) is 0 Å². The minimum atomic E-state index is -1.06. The zero-order valence-electron chi connectivity index (χ0n) is 14.0. The van der Waals surface area contributed by atoms with Gasteiger partial charge in [0.25, 0.3) is 5.88 Å². The lowest BCUT2D eigenvalue weighted by molar-refractivity contribution is -0.387. The molecule has 9 heteroatoms. The summed E-state index contributed by atoms with van der Waals surface area (Å²) in [5, 5.41) is 20.2. The van der Waals surface area contributed by atoms with E-state index in [4.69, 9.17) is 4.42 Å². The number of aromatic nitrogens is 2. The van der Waals surface area contributed by atoms with E-state index in [1.165, 1.54) is 19.1 Å². The van der Waals surface area contributed by atoms with Crippen molar-refractivity contribution in [1.29, 1.82) is 0 Å². The number of nitrogens with zero attached hydrogens (tertiary/aromatic N) is 2. The van der Waals surface area contributed by atoms with Crippen LogP contribution < -0.4 is 5.56 Å². The fourth-order valence-electron chi connectivity index (χ4n) is 2.34. The van der Waals surface area contributed by atoms with Crippen LogP contribution in [0.2, 0.25) is 0 Å². The van der Waals surface area contributed by atoms with E-state index >= 15 is 0 Å². The lowest BCUT2D eigenvalue weighted by atomic mass is 10.1. The number of hydrogen-bond donors (Lipinski definition) is 2. The number of carbonyl (C=O) groups is 1. The Labute approximate surface area is 151 Å². The SMILES string of the molecule is CC(=O)c1ccc(-c2ccc(/C=C/c3nc(O)c([N+](=O)[O-])c(=O)[nH]3)o2)cc1. The molecule has 0 atom stereocenters. The molecule has 0 radical (unpaired) electrons. The molecule has 0 bridgehead atoms. The van der Waals surface area contributed by atoms with Crippen LogP contribution in [0.4, 0.5) is 5.69 Å². The Morgan fingerprint density at radius 3 is 2.52 bits per heavy atom. The Hall–Kier alpha value is -4.01. The number of benzene rings is 1. The predicted molar refractivity (Wildman–Crippen MR) is 96.3 cm³/mol. The summed E-state index contributed by atoms with van der Waals surface area (Å²) in [7, 11) is 0. The quantitative estimate of drug-likeness (QED) is 0.401. The summed E-state index contributed by atoms with van der Waals surface area (Å²) in [6.07, 6.45) is 2.82. The molecular formula is C18H13N3O6. The third kappa shape index (κ3) is 3.82. The number of carbonyl (C=O) groups excluding carboxylic acids is 1. The lowest BCUT2D eigenvalue weighted by Gasteiger charge is -1.99. The number of furan rings is 1. The number of aromatic hydroxyl groups is 1. The van der Waals surface area contributed by atoms with Crippen molar-refractivity contribution in [2.24, 2.45) is 0 Å². The van der Waals surface area contributed by atoms with Crippen molar-refractivity contribution in [2.75, 3.05) is 0 Å². The molecule has 2 aromatic heterocycles. The molecule has 2 N–H and O–H groups in total. The summed E-state index contributed by atoms with van der Waals surface area (Å²) >= 11 is 0. The summed E-state index contributed by atoms with van der Waals surface area (Å²) in [5.74, 6) is -0.0581. The van der Waals surface area contributed by atoms with Crippen molar-refractivity contribution in [2.45, 2.75) is 6.92 Å². The normalized spacial score (nSPS) is 11.0. The van der Waals surface area contributed by atoms with Crippen LogP contribution >= 0.6 is 0 Å². The first-order valence-electron chi connectivity index (χ1n) is 7.72. The molecule has 1 aromatic carbocycles.